The van der Waals surface area contributed by atoms with Gasteiger partial charge >= 0.3 is 0 Å². The number of hydrogen-bond donors (Lipinski definition) is 3. The molecule has 0 atom stereocenters. The highest BCUT2D eigenvalue weighted by molar-refractivity contribution is 5.83. The zero-order valence-electron chi connectivity index (χ0n) is 18.8. The molecule has 1 fully saturated rings. The van der Waals surface area contributed by atoms with Gasteiger partial charge in [-0.1, -0.05) is 0 Å². The first-order valence-corrected chi connectivity index (χ1v) is 10.8. The van der Waals surface area contributed by atoms with E-state index in [1.807, 2.05) is 12.1 Å². The Morgan fingerprint density at radius 1 is 1.09 bits per heavy atom. The molecule has 0 bridgehead atoms. The van der Waals surface area contributed by atoms with Crippen LogP contribution in [-0.4, -0.2) is 58.1 Å². The topological polar surface area (TPSA) is 108 Å². The summed E-state index contributed by atoms with van der Waals surface area (Å²) in [5, 5.41) is 3.11. The number of nitrogen functional groups attached to an aromatic ring is 1. The van der Waals surface area contributed by atoms with Crippen molar-refractivity contribution in [3.8, 4) is 11.6 Å². The summed E-state index contributed by atoms with van der Waals surface area (Å²) >= 11 is 0. The number of rotatable bonds is 5. The van der Waals surface area contributed by atoms with Crippen LogP contribution in [0.4, 0.5) is 31.8 Å². The van der Waals surface area contributed by atoms with Gasteiger partial charge in [-0.25, -0.2) is 18.7 Å². The fraction of sp³-hybridized carbons (Fsp3) is 0.261. The second-order valence-corrected chi connectivity index (χ2v) is 8.27. The fourth-order valence-electron chi connectivity index (χ4n) is 3.91. The van der Waals surface area contributed by atoms with Crippen LogP contribution in [0.5, 0.6) is 11.6 Å². The number of halogens is 2. The summed E-state index contributed by atoms with van der Waals surface area (Å²) in [6.45, 7) is 5.60. The molecule has 1 aromatic carbocycles. The molecule has 11 heteroatoms. The Bertz CT molecular complexity index is 1330. The van der Waals surface area contributed by atoms with Gasteiger partial charge in [0.1, 0.15) is 17.8 Å². The van der Waals surface area contributed by atoms with Crippen LogP contribution in [0.2, 0.25) is 0 Å². The van der Waals surface area contributed by atoms with Gasteiger partial charge in [0.2, 0.25) is 5.88 Å². The highest BCUT2D eigenvalue weighted by Crippen LogP contribution is 2.35. The molecule has 4 N–H and O–H groups in total. The molecule has 0 saturated carbocycles. The maximum atomic E-state index is 14.9. The average Bonchev–Trinajstić information content (AvgIpc) is 3.23. The van der Waals surface area contributed by atoms with Crippen LogP contribution in [-0.2, 0) is 0 Å². The van der Waals surface area contributed by atoms with Crippen molar-refractivity contribution >= 4 is 33.9 Å². The second-order valence-electron chi connectivity index (χ2n) is 8.27. The van der Waals surface area contributed by atoms with Gasteiger partial charge in [0.05, 0.1) is 17.4 Å². The van der Waals surface area contributed by atoms with Gasteiger partial charge in [-0.05, 0) is 32.2 Å². The molecule has 34 heavy (non-hydrogen) atoms. The van der Waals surface area contributed by atoms with E-state index in [2.05, 4.69) is 42.1 Å². The normalized spacial score (nSPS) is 14.5. The van der Waals surface area contributed by atoms with Crippen LogP contribution in [0, 0.1) is 18.6 Å². The summed E-state index contributed by atoms with van der Waals surface area (Å²) in [5.74, 6) is -1.02. The third kappa shape index (κ3) is 4.17. The first-order valence-electron chi connectivity index (χ1n) is 10.8. The number of likely N-dealkylation sites (N-methyl/N-ethyl adjacent to an activating group) is 1. The van der Waals surface area contributed by atoms with Crippen LogP contribution >= 0.6 is 0 Å². The summed E-state index contributed by atoms with van der Waals surface area (Å²) in [4.78, 5) is 19.9. The lowest BCUT2D eigenvalue weighted by atomic mass is 10.2. The van der Waals surface area contributed by atoms with Crippen LogP contribution in [0.15, 0.2) is 36.8 Å². The van der Waals surface area contributed by atoms with Gasteiger partial charge < -0.3 is 30.6 Å². The first kappa shape index (κ1) is 21.8. The molecule has 0 radical (unpaired) electrons. The van der Waals surface area contributed by atoms with Gasteiger partial charge in [0.25, 0.3) is 0 Å². The van der Waals surface area contributed by atoms with E-state index < -0.39 is 11.6 Å². The number of hydrogen-bond acceptors (Lipinski definition) is 8. The lowest BCUT2D eigenvalue weighted by Crippen LogP contribution is -2.44. The number of nitrogens with one attached hydrogen (secondary N) is 2. The predicted molar refractivity (Wildman–Crippen MR) is 127 cm³/mol. The van der Waals surface area contributed by atoms with E-state index in [4.69, 9.17) is 10.5 Å². The summed E-state index contributed by atoms with van der Waals surface area (Å²) in [7, 11) is 2.11. The highest BCUT2D eigenvalue weighted by atomic mass is 19.1. The average molecular weight is 466 g/mol. The molecular formula is C23H24F2N8O. The maximum Gasteiger partial charge on any atom is 0.248 e. The number of benzene rings is 1. The Kier molecular flexibility index (Phi) is 5.62. The number of piperazine rings is 1. The Labute approximate surface area is 194 Å². The van der Waals surface area contributed by atoms with E-state index in [9.17, 15) is 8.78 Å². The molecule has 0 amide bonds. The van der Waals surface area contributed by atoms with Crippen molar-refractivity contribution in [1.29, 1.82) is 0 Å². The molecule has 4 heterocycles. The van der Waals surface area contributed by atoms with E-state index in [0.29, 0.717) is 11.5 Å². The lowest BCUT2D eigenvalue weighted by molar-refractivity contribution is 0.313. The van der Waals surface area contributed by atoms with Crippen molar-refractivity contribution in [3.63, 3.8) is 0 Å². The predicted octanol–water partition coefficient (Wildman–Crippen LogP) is 3.81. The van der Waals surface area contributed by atoms with E-state index in [1.54, 1.807) is 13.1 Å². The van der Waals surface area contributed by atoms with Gasteiger partial charge in [-0.3, -0.25) is 0 Å². The van der Waals surface area contributed by atoms with E-state index in [0.717, 1.165) is 37.9 Å². The van der Waals surface area contributed by atoms with Crippen LogP contribution in [0.1, 0.15) is 5.69 Å². The molecule has 176 valence electrons. The largest absolute Gasteiger partial charge is 0.434 e. The highest BCUT2D eigenvalue weighted by Gasteiger charge is 2.19. The maximum absolute atomic E-state index is 14.9. The smallest absolute Gasteiger partial charge is 0.248 e. The molecule has 5 rings (SSSR count). The van der Waals surface area contributed by atoms with E-state index in [1.165, 1.54) is 12.4 Å². The Balaban J connectivity index is 1.35. The van der Waals surface area contributed by atoms with Gasteiger partial charge in [-0.2, -0.15) is 4.98 Å². The number of anilines is 4. The zero-order chi connectivity index (χ0) is 23.8. The second kappa shape index (κ2) is 8.75. The molecule has 9 nitrogen and oxygen atoms in total. The lowest BCUT2D eigenvalue weighted by Gasteiger charge is -2.33. The summed E-state index contributed by atoms with van der Waals surface area (Å²) in [6.07, 6.45) is 3.01. The zero-order valence-corrected chi connectivity index (χ0v) is 18.8. The minimum Gasteiger partial charge on any atom is -0.434 e. The SMILES string of the molecule is Cc1cc2c(F)c(Oc3ncnc(Nc4ccc(N5CCN(C)CC5)cn4)c3N)cc(F)c2[nH]1. The Morgan fingerprint density at radius 3 is 2.62 bits per heavy atom. The minimum atomic E-state index is -0.713. The summed E-state index contributed by atoms with van der Waals surface area (Å²) in [5.41, 5.74) is 7.95. The molecule has 4 aromatic rings. The molecule has 0 aliphatic carbocycles. The van der Waals surface area contributed by atoms with Crippen LogP contribution < -0.4 is 20.7 Å². The molecule has 0 unspecified atom stereocenters. The number of nitrogens with two attached hydrogens (primary N) is 1. The number of nitrogens with zero attached hydrogens (tertiary/aromatic N) is 5. The monoisotopic (exact) mass is 466 g/mol. The number of aromatic nitrogens is 4. The summed E-state index contributed by atoms with van der Waals surface area (Å²) in [6, 6.07) is 6.27. The van der Waals surface area contributed by atoms with E-state index in [-0.39, 0.29) is 34.0 Å². The Morgan fingerprint density at radius 2 is 1.88 bits per heavy atom. The Hall–Kier alpha value is -3.99. The molecule has 1 aliphatic heterocycles. The standard InChI is InChI=1S/C23H24F2N8O/c1-13-9-15-19(25)17(10-16(24)21(15)30-13)34-23-20(26)22(28-12-29-23)31-18-4-3-14(11-27-18)33-7-5-32(2)6-8-33/h3-4,9-12,30H,5-8,26H2,1-2H3,(H,27,28,29,31). The number of pyridine rings is 1. The number of aromatic amines is 1. The molecule has 1 saturated heterocycles. The minimum absolute atomic E-state index is 0.0394. The van der Waals surface area contributed by atoms with Crippen molar-refractivity contribution in [1.82, 2.24) is 24.8 Å². The van der Waals surface area contributed by atoms with Crippen LogP contribution in [0.3, 0.4) is 0 Å². The molecule has 3 aromatic heterocycles. The third-order valence-electron chi connectivity index (χ3n) is 5.82. The van der Waals surface area contributed by atoms with Crippen molar-refractivity contribution in [2.24, 2.45) is 0 Å². The number of fused-ring (bicyclic) bond motifs is 1. The fourth-order valence-corrected chi connectivity index (χ4v) is 3.91. The molecule has 1 aliphatic rings. The van der Waals surface area contributed by atoms with Gasteiger partial charge in [0.15, 0.2) is 23.2 Å². The quantitative estimate of drug-likeness (QED) is 0.408. The van der Waals surface area contributed by atoms with Gasteiger partial charge in [-0.15, -0.1) is 0 Å². The number of ether oxygens (including phenoxy) is 1. The van der Waals surface area contributed by atoms with Crippen molar-refractivity contribution < 1.29 is 13.5 Å². The van der Waals surface area contributed by atoms with Crippen molar-refractivity contribution in [2.75, 3.05) is 49.2 Å². The van der Waals surface area contributed by atoms with Gasteiger partial charge in [0, 0.05) is 43.3 Å². The molecular weight excluding hydrogens is 442 g/mol. The van der Waals surface area contributed by atoms with E-state index >= 15 is 0 Å². The molecule has 0 spiro atoms. The third-order valence-corrected chi connectivity index (χ3v) is 5.82. The number of aryl methyl sites for hydroxylation is 1. The summed E-state index contributed by atoms with van der Waals surface area (Å²) < 4.78 is 34.9. The van der Waals surface area contributed by atoms with Crippen LogP contribution in [0.25, 0.3) is 10.9 Å². The van der Waals surface area contributed by atoms with Crippen molar-refractivity contribution in [3.05, 3.63) is 54.1 Å². The number of H-pyrrole nitrogens is 1. The first-order chi connectivity index (χ1) is 16.4. The van der Waals surface area contributed by atoms with Crippen molar-refractivity contribution in [2.45, 2.75) is 6.92 Å².